The fraction of sp³-hybridized carbons (Fsp3) is 0.846. The van der Waals surface area contributed by atoms with E-state index in [0.717, 1.165) is 19.6 Å². The maximum absolute atomic E-state index is 5.59. The number of rotatable bonds is 7. The van der Waals surface area contributed by atoms with Crippen molar-refractivity contribution in [1.29, 1.82) is 0 Å². The van der Waals surface area contributed by atoms with Crippen molar-refractivity contribution in [2.45, 2.75) is 51.5 Å². The van der Waals surface area contributed by atoms with E-state index < -0.39 is 0 Å². The molecule has 2 nitrogen and oxygen atoms in total. The van der Waals surface area contributed by atoms with Crippen molar-refractivity contribution in [3.63, 3.8) is 0 Å². The van der Waals surface area contributed by atoms with Crippen molar-refractivity contribution >= 4 is 0 Å². The van der Waals surface area contributed by atoms with Crippen LogP contribution in [0, 0.1) is 0 Å². The number of likely N-dealkylation sites (N-methyl/N-ethyl adjacent to an activating group) is 1. The minimum absolute atomic E-state index is 0.501. The molecule has 1 atom stereocenters. The molecular weight excluding hydrogens is 186 g/mol. The highest BCUT2D eigenvalue weighted by atomic mass is 16.5. The summed E-state index contributed by atoms with van der Waals surface area (Å²) >= 11 is 0. The lowest BCUT2D eigenvalue weighted by molar-refractivity contribution is 0.113. The molecule has 2 heteroatoms. The second-order valence-corrected chi connectivity index (χ2v) is 4.37. The van der Waals surface area contributed by atoms with Crippen LogP contribution in [0.5, 0.6) is 0 Å². The molecule has 0 amide bonds. The third kappa shape index (κ3) is 5.33. The van der Waals surface area contributed by atoms with Gasteiger partial charge in [0.05, 0.1) is 6.61 Å². The van der Waals surface area contributed by atoms with E-state index in [9.17, 15) is 0 Å². The van der Waals surface area contributed by atoms with E-state index in [1.165, 1.54) is 32.1 Å². The summed E-state index contributed by atoms with van der Waals surface area (Å²) in [6.07, 6.45) is 10.0. The van der Waals surface area contributed by atoms with Crippen LogP contribution in [0.3, 0.4) is 0 Å². The highest BCUT2D eigenvalue weighted by Crippen LogP contribution is 2.21. The largest absolute Gasteiger partial charge is 0.380 e. The van der Waals surface area contributed by atoms with Crippen LogP contribution in [0.15, 0.2) is 11.6 Å². The lowest BCUT2D eigenvalue weighted by Gasteiger charge is -2.20. The van der Waals surface area contributed by atoms with Gasteiger partial charge in [0.1, 0.15) is 0 Å². The van der Waals surface area contributed by atoms with Crippen LogP contribution < -0.4 is 5.32 Å². The number of allylic oxidation sites excluding steroid dienone is 1. The molecule has 15 heavy (non-hydrogen) atoms. The molecule has 0 radical (unpaired) electrons. The molecular formula is C13H25NO. The zero-order chi connectivity index (χ0) is 10.9. The molecule has 0 spiro atoms. The van der Waals surface area contributed by atoms with Gasteiger partial charge < -0.3 is 10.1 Å². The van der Waals surface area contributed by atoms with Crippen molar-refractivity contribution in [1.82, 2.24) is 5.32 Å². The molecule has 0 saturated heterocycles. The summed E-state index contributed by atoms with van der Waals surface area (Å²) in [7, 11) is 2.03. The fourth-order valence-corrected chi connectivity index (χ4v) is 2.02. The Morgan fingerprint density at radius 1 is 1.47 bits per heavy atom. The van der Waals surface area contributed by atoms with Gasteiger partial charge in [-0.2, -0.15) is 0 Å². The summed E-state index contributed by atoms with van der Waals surface area (Å²) in [6.45, 7) is 3.89. The second-order valence-electron chi connectivity index (χ2n) is 4.37. The molecule has 1 unspecified atom stereocenters. The standard InChI is InChI=1S/C13H25NO/c1-3-9-15-11-13(14-2)10-12-7-5-4-6-8-12/h7,13-14H,3-6,8-11H2,1-2H3. The van der Waals surface area contributed by atoms with Crippen LogP contribution in [0.25, 0.3) is 0 Å². The van der Waals surface area contributed by atoms with E-state index in [1.54, 1.807) is 5.57 Å². The number of ether oxygens (including phenoxy) is 1. The van der Waals surface area contributed by atoms with Crippen LogP contribution in [0.1, 0.15) is 45.4 Å². The number of nitrogens with one attached hydrogen (secondary N) is 1. The first-order valence-electron chi connectivity index (χ1n) is 6.29. The summed E-state index contributed by atoms with van der Waals surface area (Å²) in [5, 5.41) is 3.34. The van der Waals surface area contributed by atoms with E-state index in [-0.39, 0.29) is 0 Å². The Labute approximate surface area is 94.1 Å². The highest BCUT2D eigenvalue weighted by Gasteiger charge is 2.11. The fourth-order valence-electron chi connectivity index (χ4n) is 2.02. The Balaban J connectivity index is 2.22. The first-order valence-corrected chi connectivity index (χ1v) is 6.29. The third-order valence-electron chi connectivity index (χ3n) is 2.97. The average Bonchev–Trinajstić information content (AvgIpc) is 2.29. The van der Waals surface area contributed by atoms with E-state index >= 15 is 0 Å². The Morgan fingerprint density at radius 2 is 2.33 bits per heavy atom. The van der Waals surface area contributed by atoms with Crippen molar-refractivity contribution in [3.05, 3.63) is 11.6 Å². The van der Waals surface area contributed by atoms with Crippen LogP contribution in [-0.4, -0.2) is 26.3 Å². The van der Waals surface area contributed by atoms with Crippen molar-refractivity contribution < 1.29 is 4.74 Å². The van der Waals surface area contributed by atoms with Gasteiger partial charge in [-0.1, -0.05) is 18.6 Å². The molecule has 1 rings (SSSR count). The molecule has 1 N–H and O–H groups in total. The molecule has 0 aromatic rings. The van der Waals surface area contributed by atoms with E-state index in [1.807, 2.05) is 7.05 Å². The van der Waals surface area contributed by atoms with Gasteiger partial charge in [0.15, 0.2) is 0 Å². The van der Waals surface area contributed by atoms with Gasteiger partial charge in [0.25, 0.3) is 0 Å². The van der Waals surface area contributed by atoms with Crippen LogP contribution in [0.2, 0.25) is 0 Å². The SMILES string of the molecule is CCCOCC(CC1=CCCCC1)NC. The van der Waals surface area contributed by atoms with E-state index in [2.05, 4.69) is 18.3 Å². The highest BCUT2D eigenvalue weighted by molar-refractivity contribution is 5.06. The summed E-state index contributed by atoms with van der Waals surface area (Å²) in [6, 6.07) is 0.501. The van der Waals surface area contributed by atoms with Crippen LogP contribution >= 0.6 is 0 Å². The van der Waals surface area contributed by atoms with Gasteiger partial charge in [-0.25, -0.2) is 0 Å². The topological polar surface area (TPSA) is 21.3 Å². The van der Waals surface area contributed by atoms with Crippen molar-refractivity contribution in [2.24, 2.45) is 0 Å². The van der Waals surface area contributed by atoms with Gasteiger partial charge in [-0.05, 0) is 45.6 Å². The smallest absolute Gasteiger partial charge is 0.0622 e. The summed E-state index contributed by atoms with van der Waals surface area (Å²) < 4.78 is 5.59. The van der Waals surface area contributed by atoms with Gasteiger partial charge >= 0.3 is 0 Å². The molecule has 0 aromatic carbocycles. The third-order valence-corrected chi connectivity index (χ3v) is 2.97. The molecule has 0 fully saturated rings. The minimum Gasteiger partial charge on any atom is -0.380 e. The predicted molar refractivity (Wildman–Crippen MR) is 65.1 cm³/mol. The summed E-state index contributed by atoms with van der Waals surface area (Å²) in [5.74, 6) is 0. The molecule has 1 aliphatic carbocycles. The number of hydrogen-bond acceptors (Lipinski definition) is 2. The molecule has 0 aliphatic heterocycles. The Bertz CT molecular complexity index is 189. The maximum Gasteiger partial charge on any atom is 0.0622 e. The van der Waals surface area contributed by atoms with Gasteiger partial charge in [-0.15, -0.1) is 0 Å². The van der Waals surface area contributed by atoms with Gasteiger partial charge in [-0.3, -0.25) is 0 Å². The molecule has 88 valence electrons. The summed E-state index contributed by atoms with van der Waals surface area (Å²) in [4.78, 5) is 0. The zero-order valence-corrected chi connectivity index (χ0v) is 10.2. The van der Waals surface area contributed by atoms with E-state index in [4.69, 9.17) is 4.74 Å². The quantitative estimate of drug-likeness (QED) is 0.516. The average molecular weight is 211 g/mol. The zero-order valence-electron chi connectivity index (χ0n) is 10.2. The van der Waals surface area contributed by atoms with E-state index in [0.29, 0.717) is 6.04 Å². The molecule has 1 aliphatic rings. The Hall–Kier alpha value is -0.340. The van der Waals surface area contributed by atoms with Crippen molar-refractivity contribution in [2.75, 3.05) is 20.3 Å². The maximum atomic E-state index is 5.59. The van der Waals surface area contributed by atoms with Crippen LogP contribution in [-0.2, 0) is 4.74 Å². The lowest BCUT2D eigenvalue weighted by atomic mass is 9.94. The van der Waals surface area contributed by atoms with Crippen LogP contribution in [0.4, 0.5) is 0 Å². The lowest BCUT2D eigenvalue weighted by Crippen LogP contribution is -2.31. The molecule has 0 bridgehead atoms. The molecule has 0 saturated carbocycles. The van der Waals surface area contributed by atoms with Gasteiger partial charge in [0, 0.05) is 12.6 Å². The Kier molecular flexibility index (Phi) is 6.69. The number of hydrogen-bond donors (Lipinski definition) is 1. The first-order chi connectivity index (χ1) is 7.36. The molecule has 0 aromatic heterocycles. The normalized spacial score (nSPS) is 18.7. The Morgan fingerprint density at radius 3 is 2.93 bits per heavy atom. The monoisotopic (exact) mass is 211 g/mol. The summed E-state index contributed by atoms with van der Waals surface area (Å²) in [5.41, 5.74) is 1.63. The van der Waals surface area contributed by atoms with Crippen molar-refractivity contribution in [3.8, 4) is 0 Å². The van der Waals surface area contributed by atoms with Gasteiger partial charge in [0.2, 0.25) is 0 Å². The molecule has 0 heterocycles. The predicted octanol–water partition coefficient (Wildman–Crippen LogP) is 2.89. The first kappa shape index (κ1) is 12.7. The second kappa shape index (κ2) is 7.89. The minimum atomic E-state index is 0.501.